The Morgan fingerprint density at radius 3 is 2.06 bits per heavy atom. The second-order valence-electron chi connectivity index (χ2n) is 4.20. The van der Waals surface area contributed by atoms with Crippen molar-refractivity contribution in [1.29, 1.82) is 0 Å². The van der Waals surface area contributed by atoms with Crippen molar-refractivity contribution in [2.24, 2.45) is 0 Å². The van der Waals surface area contributed by atoms with Crippen LogP contribution in [0.4, 0.5) is 0 Å². The van der Waals surface area contributed by atoms with Gasteiger partial charge in [-0.25, -0.2) is 13.2 Å². The lowest BCUT2D eigenvalue weighted by Crippen LogP contribution is -2.51. The molecule has 94 valence electrons. The van der Waals surface area contributed by atoms with Crippen molar-refractivity contribution >= 4 is 21.7 Å². The van der Waals surface area contributed by atoms with Gasteiger partial charge in [-0.3, -0.25) is 4.79 Å². The number of likely N-dealkylation sites (N-methyl/N-ethyl adjacent to an activating group) is 1. The highest BCUT2D eigenvalue weighted by Gasteiger charge is 2.34. The highest BCUT2D eigenvalue weighted by Crippen LogP contribution is 2.13. The van der Waals surface area contributed by atoms with Gasteiger partial charge >= 0.3 is 5.97 Å². The van der Waals surface area contributed by atoms with Gasteiger partial charge in [-0.2, -0.15) is 0 Å². The number of hydrogen-bond acceptors (Lipinski definition) is 4. The van der Waals surface area contributed by atoms with E-state index >= 15 is 0 Å². The summed E-state index contributed by atoms with van der Waals surface area (Å²) in [6.45, 7) is 2.77. The van der Waals surface area contributed by atoms with Crippen molar-refractivity contribution in [3.05, 3.63) is 0 Å². The molecule has 0 aromatic heterocycles. The van der Waals surface area contributed by atoms with Gasteiger partial charge in [-0.05, 0) is 13.8 Å². The van der Waals surface area contributed by atoms with Crippen LogP contribution in [0.3, 0.4) is 0 Å². The van der Waals surface area contributed by atoms with Crippen LogP contribution in [0.25, 0.3) is 0 Å². The number of carbonyl (C=O) groups is 2. The number of rotatable bonds is 5. The standard InChI is InChI=1S/C9H17NO5S/c1-9(2,8(12)13)10(3)7(11)5-6-16(4,14)15/h5-6H2,1-4H3,(H,12,13). The predicted octanol–water partition coefficient (Wildman–Crippen LogP) is -0.257. The minimum absolute atomic E-state index is 0.202. The van der Waals surface area contributed by atoms with E-state index in [1.165, 1.54) is 20.9 Å². The minimum Gasteiger partial charge on any atom is -0.480 e. The van der Waals surface area contributed by atoms with Crippen molar-refractivity contribution in [2.75, 3.05) is 19.1 Å². The fourth-order valence-electron chi connectivity index (χ4n) is 0.896. The average molecular weight is 251 g/mol. The van der Waals surface area contributed by atoms with E-state index in [4.69, 9.17) is 5.11 Å². The quantitative estimate of drug-likeness (QED) is 0.727. The molecule has 0 rings (SSSR count). The molecule has 0 heterocycles. The second kappa shape index (κ2) is 4.82. The fraction of sp³-hybridized carbons (Fsp3) is 0.778. The van der Waals surface area contributed by atoms with Gasteiger partial charge in [-0.15, -0.1) is 0 Å². The SMILES string of the molecule is CN(C(=O)CCS(C)(=O)=O)C(C)(C)C(=O)O. The Bertz CT molecular complexity index is 385. The Balaban J connectivity index is 4.58. The third-order valence-corrected chi connectivity index (χ3v) is 3.37. The first-order valence-electron chi connectivity index (χ1n) is 4.66. The molecule has 0 fully saturated rings. The number of hydrogen-bond donors (Lipinski definition) is 1. The largest absolute Gasteiger partial charge is 0.480 e. The molecule has 16 heavy (non-hydrogen) atoms. The predicted molar refractivity (Wildman–Crippen MR) is 58.8 cm³/mol. The molecule has 0 bridgehead atoms. The lowest BCUT2D eigenvalue weighted by Gasteiger charge is -2.31. The lowest BCUT2D eigenvalue weighted by molar-refractivity contribution is -0.155. The van der Waals surface area contributed by atoms with Crippen LogP contribution in [0.5, 0.6) is 0 Å². The van der Waals surface area contributed by atoms with E-state index in [0.29, 0.717) is 0 Å². The third-order valence-electron chi connectivity index (χ3n) is 2.42. The lowest BCUT2D eigenvalue weighted by atomic mass is 10.0. The van der Waals surface area contributed by atoms with Crippen molar-refractivity contribution < 1.29 is 23.1 Å². The van der Waals surface area contributed by atoms with E-state index in [1.54, 1.807) is 0 Å². The molecule has 6 nitrogen and oxygen atoms in total. The summed E-state index contributed by atoms with van der Waals surface area (Å²) in [7, 11) is -1.87. The topological polar surface area (TPSA) is 91.8 Å². The smallest absolute Gasteiger partial charge is 0.329 e. The molecule has 0 saturated carbocycles. The number of nitrogens with zero attached hydrogens (tertiary/aromatic N) is 1. The summed E-state index contributed by atoms with van der Waals surface area (Å²) in [4.78, 5) is 23.4. The Labute approximate surface area is 95.2 Å². The Kier molecular flexibility index (Phi) is 4.48. The maximum atomic E-state index is 11.5. The monoisotopic (exact) mass is 251 g/mol. The first-order chi connectivity index (χ1) is 6.98. The first-order valence-corrected chi connectivity index (χ1v) is 6.72. The number of sulfone groups is 1. The Hall–Kier alpha value is -1.11. The van der Waals surface area contributed by atoms with Crippen LogP contribution >= 0.6 is 0 Å². The van der Waals surface area contributed by atoms with Crippen LogP contribution in [0.1, 0.15) is 20.3 Å². The van der Waals surface area contributed by atoms with Crippen molar-refractivity contribution in [3.63, 3.8) is 0 Å². The number of carboxylic acid groups (broad SMARTS) is 1. The van der Waals surface area contributed by atoms with Crippen LogP contribution in [0, 0.1) is 0 Å². The van der Waals surface area contributed by atoms with Crippen LogP contribution in [0.15, 0.2) is 0 Å². The normalized spacial score (nSPS) is 12.2. The molecule has 0 aromatic carbocycles. The fourth-order valence-corrected chi connectivity index (χ4v) is 1.44. The summed E-state index contributed by atoms with van der Waals surface area (Å²) in [5.41, 5.74) is -1.34. The highest BCUT2D eigenvalue weighted by molar-refractivity contribution is 7.90. The zero-order valence-electron chi connectivity index (χ0n) is 9.85. The molecular weight excluding hydrogens is 234 g/mol. The van der Waals surface area contributed by atoms with Crippen LogP contribution < -0.4 is 0 Å². The first kappa shape index (κ1) is 14.9. The van der Waals surface area contributed by atoms with Crippen LogP contribution in [-0.4, -0.2) is 54.9 Å². The van der Waals surface area contributed by atoms with Crippen molar-refractivity contribution in [2.45, 2.75) is 25.8 Å². The summed E-state index contributed by atoms with van der Waals surface area (Å²) in [5.74, 6) is -1.91. The Morgan fingerprint density at radius 2 is 1.75 bits per heavy atom. The molecule has 0 aliphatic heterocycles. The maximum Gasteiger partial charge on any atom is 0.329 e. The van der Waals surface area contributed by atoms with Gasteiger partial charge in [0.2, 0.25) is 5.91 Å². The molecular formula is C9H17NO5S. The summed E-state index contributed by atoms with van der Waals surface area (Å²) in [6.07, 6.45) is 0.828. The van der Waals surface area contributed by atoms with E-state index in [-0.39, 0.29) is 12.2 Å². The molecule has 0 aliphatic rings. The molecule has 0 aromatic rings. The molecule has 0 radical (unpaired) electrons. The number of carbonyl (C=O) groups excluding carboxylic acids is 1. The molecule has 1 N–H and O–H groups in total. The van der Waals surface area contributed by atoms with Crippen molar-refractivity contribution in [1.82, 2.24) is 4.90 Å². The van der Waals surface area contributed by atoms with Gasteiger partial charge < -0.3 is 10.0 Å². The van der Waals surface area contributed by atoms with E-state index in [9.17, 15) is 18.0 Å². The maximum absolute atomic E-state index is 11.5. The highest BCUT2D eigenvalue weighted by atomic mass is 32.2. The summed E-state index contributed by atoms with van der Waals surface area (Å²) < 4.78 is 21.7. The minimum atomic E-state index is -3.21. The van der Waals surface area contributed by atoms with E-state index < -0.39 is 27.3 Å². The molecule has 0 spiro atoms. The van der Waals surface area contributed by atoms with Crippen LogP contribution in [-0.2, 0) is 19.4 Å². The van der Waals surface area contributed by atoms with Crippen LogP contribution in [0.2, 0.25) is 0 Å². The average Bonchev–Trinajstić information content (AvgIpc) is 2.11. The van der Waals surface area contributed by atoms with Gasteiger partial charge in [0.15, 0.2) is 0 Å². The molecule has 0 saturated heterocycles. The Morgan fingerprint density at radius 1 is 1.31 bits per heavy atom. The summed E-state index contributed by atoms with van der Waals surface area (Å²) in [6, 6.07) is 0. The summed E-state index contributed by atoms with van der Waals surface area (Å²) >= 11 is 0. The van der Waals surface area contributed by atoms with Gasteiger partial charge in [-0.1, -0.05) is 0 Å². The third kappa shape index (κ3) is 4.18. The second-order valence-corrected chi connectivity index (χ2v) is 6.46. The van der Waals surface area contributed by atoms with E-state index in [0.717, 1.165) is 11.2 Å². The number of amides is 1. The molecule has 0 atom stereocenters. The van der Waals surface area contributed by atoms with E-state index in [2.05, 4.69) is 0 Å². The van der Waals surface area contributed by atoms with Crippen molar-refractivity contribution in [3.8, 4) is 0 Å². The molecule has 1 amide bonds. The number of carboxylic acids is 1. The molecule has 0 unspecified atom stereocenters. The summed E-state index contributed by atoms with van der Waals surface area (Å²) in [5, 5.41) is 8.88. The van der Waals surface area contributed by atoms with E-state index in [1.807, 2.05) is 0 Å². The zero-order chi connectivity index (χ0) is 13.1. The van der Waals surface area contributed by atoms with Gasteiger partial charge in [0.05, 0.1) is 5.75 Å². The van der Waals surface area contributed by atoms with Gasteiger partial charge in [0, 0.05) is 19.7 Å². The molecule has 0 aliphatic carbocycles. The number of aliphatic carboxylic acids is 1. The molecule has 7 heteroatoms. The zero-order valence-corrected chi connectivity index (χ0v) is 10.7. The van der Waals surface area contributed by atoms with Gasteiger partial charge in [0.1, 0.15) is 15.4 Å². The van der Waals surface area contributed by atoms with Gasteiger partial charge in [0.25, 0.3) is 0 Å².